The third-order valence-electron chi connectivity index (χ3n) is 2.16. The highest BCUT2D eigenvalue weighted by Gasteiger charge is 2.03. The molecule has 3 heteroatoms. The minimum atomic E-state index is -0.477. The monoisotopic (exact) mass is 226 g/mol. The molecule has 0 aliphatic rings. The Bertz CT molecular complexity index is 231. The summed E-state index contributed by atoms with van der Waals surface area (Å²) >= 11 is 0. The molecule has 0 fully saturated rings. The smallest absolute Gasteiger partial charge is 0.318 e. The molecular formula is C13H22O3. The summed E-state index contributed by atoms with van der Waals surface area (Å²) in [5, 5.41) is 0. The van der Waals surface area contributed by atoms with Crippen LogP contribution in [-0.2, 0) is 14.3 Å². The number of unbranched alkanes of at least 4 members (excludes halogenated alkanes) is 5. The average Bonchev–Trinajstić information content (AvgIpc) is 2.21. The number of rotatable bonds is 9. The first kappa shape index (κ1) is 14.9. The zero-order chi connectivity index (χ0) is 12.2. The second kappa shape index (κ2) is 10.4. The van der Waals surface area contributed by atoms with Crippen LogP contribution in [0.4, 0.5) is 0 Å². The highest BCUT2D eigenvalue weighted by Crippen LogP contribution is 2.05. The molecular weight excluding hydrogens is 204 g/mol. The van der Waals surface area contributed by atoms with Crippen molar-refractivity contribution in [3.63, 3.8) is 0 Å². The minimum absolute atomic E-state index is 0.138. The Morgan fingerprint density at radius 1 is 1.12 bits per heavy atom. The summed E-state index contributed by atoms with van der Waals surface area (Å²) < 4.78 is 4.74. The van der Waals surface area contributed by atoms with Crippen LogP contribution in [0.15, 0.2) is 12.3 Å². The second-order valence-corrected chi connectivity index (χ2v) is 3.94. The maximum Gasteiger partial charge on any atom is 0.318 e. The van der Waals surface area contributed by atoms with Gasteiger partial charge < -0.3 is 4.74 Å². The standard InChI is InChI=1S/C13H22O3/c1-3-4-5-6-7-8-9-10-16-13(15)11-12(2)14/h9-10H,3-8,11H2,1-2H3. The van der Waals surface area contributed by atoms with Crippen LogP contribution in [0.2, 0.25) is 0 Å². The Labute approximate surface area is 97.9 Å². The Hall–Kier alpha value is -1.12. The van der Waals surface area contributed by atoms with E-state index in [0.29, 0.717) is 0 Å². The average molecular weight is 226 g/mol. The summed E-state index contributed by atoms with van der Waals surface area (Å²) in [4.78, 5) is 21.5. The van der Waals surface area contributed by atoms with Crippen molar-refractivity contribution in [2.45, 2.75) is 58.8 Å². The number of hydrogen-bond acceptors (Lipinski definition) is 3. The summed E-state index contributed by atoms with van der Waals surface area (Å²) in [6.07, 6.45) is 10.2. The third-order valence-corrected chi connectivity index (χ3v) is 2.16. The van der Waals surface area contributed by atoms with E-state index >= 15 is 0 Å². The van der Waals surface area contributed by atoms with Crippen molar-refractivity contribution < 1.29 is 14.3 Å². The third kappa shape index (κ3) is 11.0. The molecule has 0 aromatic heterocycles. The molecule has 0 saturated carbocycles. The fraction of sp³-hybridized carbons (Fsp3) is 0.692. The van der Waals surface area contributed by atoms with Crippen LogP contribution in [0.1, 0.15) is 58.8 Å². The number of ketones is 1. The Balaban J connectivity index is 3.34. The number of Topliss-reactive ketones (excluding diaryl/α,β-unsaturated/α-hetero) is 1. The summed E-state index contributed by atoms with van der Waals surface area (Å²) in [5.41, 5.74) is 0. The zero-order valence-corrected chi connectivity index (χ0v) is 10.3. The van der Waals surface area contributed by atoms with E-state index in [1.165, 1.54) is 38.9 Å². The summed E-state index contributed by atoms with van der Waals surface area (Å²) in [5.74, 6) is -0.646. The molecule has 0 aromatic carbocycles. The Kier molecular flexibility index (Phi) is 9.67. The van der Waals surface area contributed by atoms with Gasteiger partial charge in [-0.1, -0.05) is 32.6 Å². The zero-order valence-electron chi connectivity index (χ0n) is 10.3. The van der Waals surface area contributed by atoms with E-state index in [4.69, 9.17) is 4.74 Å². The van der Waals surface area contributed by atoms with Crippen LogP contribution in [0.25, 0.3) is 0 Å². The topological polar surface area (TPSA) is 43.4 Å². The van der Waals surface area contributed by atoms with Gasteiger partial charge in [0.1, 0.15) is 12.2 Å². The number of ether oxygens (including phenoxy) is 1. The van der Waals surface area contributed by atoms with Crippen LogP contribution in [0.5, 0.6) is 0 Å². The molecule has 0 N–H and O–H groups in total. The molecule has 0 rings (SSSR count). The molecule has 3 nitrogen and oxygen atoms in total. The van der Waals surface area contributed by atoms with Gasteiger partial charge >= 0.3 is 5.97 Å². The van der Waals surface area contributed by atoms with Crippen molar-refractivity contribution >= 4 is 11.8 Å². The summed E-state index contributed by atoms with van der Waals surface area (Å²) in [6, 6.07) is 0. The van der Waals surface area contributed by atoms with Crippen LogP contribution >= 0.6 is 0 Å². The summed E-state index contributed by atoms with van der Waals surface area (Å²) in [6.45, 7) is 3.56. The number of hydrogen-bond donors (Lipinski definition) is 0. The fourth-order valence-electron chi connectivity index (χ4n) is 1.30. The molecule has 0 amide bonds. The molecule has 0 aromatic rings. The molecule has 16 heavy (non-hydrogen) atoms. The van der Waals surface area contributed by atoms with Gasteiger partial charge in [0, 0.05) is 0 Å². The minimum Gasteiger partial charge on any atom is -0.435 e. The van der Waals surface area contributed by atoms with Crippen LogP contribution < -0.4 is 0 Å². The van der Waals surface area contributed by atoms with Gasteiger partial charge in [-0.3, -0.25) is 9.59 Å². The lowest BCUT2D eigenvalue weighted by Crippen LogP contribution is -2.04. The van der Waals surface area contributed by atoms with Crippen molar-refractivity contribution in [1.29, 1.82) is 0 Å². The second-order valence-electron chi connectivity index (χ2n) is 3.94. The first-order valence-corrected chi connectivity index (χ1v) is 6.00. The number of carbonyl (C=O) groups is 2. The molecule has 0 aliphatic heterocycles. The quantitative estimate of drug-likeness (QED) is 0.262. The van der Waals surface area contributed by atoms with E-state index in [9.17, 15) is 9.59 Å². The van der Waals surface area contributed by atoms with E-state index < -0.39 is 5.97 Å². The molecule has 0 atom stereocenters. The van der Waals surface area contributed by atoms with E-state index in [1.807, 2.05) is 6.08 Å². The van der Waals surface area contributed by atoms with Gasteiger partial charge in [0.2, 0.25) is 0 Å². The predicted octanol–water partition coefficient (Wildman–Crippen LogP) is 3.38. The first-order chi connectivity index (χ1) is 7.66. The molecule has 0 radical (unpaired) electrons. The van der Waals surface area contributed by atoms with E-state index in [1.54, 1.807) is 0 Å². The van der Waals surface area contributed by atoms with Gasteiger partial charge in [-0.2, -0.15) is 0 Å². The number of esters is 1. The van der Waals surface area contributed by atoms with E-state index in [2.05, 4.69) is 6.92 Å². The van der Waals surface area contributed by atoms with E-state index in [0.717, 1.165) is 12.8 Å². The van der Waals surface area contributed by atoms with Crippen LogP contribution in [-0.4, -0.2) is 11.8 Å². The lowest BCUT2D eigenvalue weighted by molar-refractivity contribution is -0.140. The van der Waals surface area contributed by atoms with Gasteiger partial charge in [0.15, 0.2) is 0 Å². The SMILES string of the molecule is CCCCCCCC=COC(=O)CC(C)=O. The molecule has 0 saturated heterocycles. The predicted molar refractivity (Wildman–Crippen MR) is 63.9 cm³/mol. The van der Waals surface area contributed by atoms with Crippen molar-refractivity contribution in [2.75, 3.05) is 0 Å². The lowest BCUT2D eigenvalue weighted by Gasteiger charge is -1.97. The molecule has 0 aliphatic carbocycles. The van der Waals surface area contributed by atoms with Gasteiger partial charge in [0.25, 0.3) is 0 Å². The Morgan fingerprint density at radius 3 is 2.44 bits per heavy atom. The summed E-state index contributed by atoms with van der Waals surface area (Å²) in [7, 11) is 0. The molecule has 0 heterocycles. The highest BCUT2D eigenvalue weighted by molar-refractivity contribution is 5.94. The number of carbonyl (C=O) groups excluding carboxylic acids is 2. The van der Waals surface area contributed by atoms with Gasteiger partial charge in [-0.05, 0) is 25.8 Å². The fourth-order valence-corrected chi connectivity index (χ4v) is 1.30. The van der Waals surface area contributed by atoms with Crippen molar-refractivity contribution in [3.8, 4) is 0 Å². The first-order valence-electron chi connectivity index (χ1n) is 6.00. The van der Waals surface area contributed by atoms with Crippen molar-refractivity contribution in [2.24, 2.45) is 0 Å². The maximum atomic E-state index is 10.9. The van der Waals surface area contributed by atoms with E-state index in [-0.39, 0.29) is 12.2 Å². The molecule has 0 bridgehead atoms. The number of allylic oxidation sites excluding steroid dienone is 1. The van der Waals surface area contributed by atoms with Crippen molar-refractivity contribution in [1.82, 2.24) is 0 Å². The molecule has 0 unspecified atom stereocenters. The highest BCUT2D eigenvalue weighted by atomic mass is 16.5. The van der Waals surface area contributed by atoms with Gasteiger partial charge in [-0.15, -0.1) is 0 Å². The van der Waals surface area contributed by atoms with Gasteiger partial charge in [0.05, 0.1) is 6.26 Å². The molecule has 92 valence electrons. The van der Waals surface area contributed by atoms with Crippen molar-refractivity contribution in [3.05, 3.63) is 12.3 Å². The molecule has 0 spiro atoms. The normalized spacial score (nSPS) is 10.6. The maximum absolute atomic E-state index is 10.9. The largest absolute Gasteiger partial charge is 0.435 e. The Morgan fingerprint density at radius 2 is 1.81 bits per heavy atom. The van der Waals surface area contributed by atoms with Gasteiger partial charge in [-0.25, -0.2) is 0 Å². The van der Waals surface area contributed by atoms with Crippen LogP contribution in [0, 0.1) is 0 Å². The van der Waals surface area contributed by atoms with Crippen LogP contribution in [0.3, 0.4) is 0 Å². The lowest BCUT2D eigenvalue weighted by atomic mass is 10.1.